The van der Waals surface area contributed by atoms with Gasteiger partial charge in [0.25, 0.3) is 0 Å². The molecule has 0 saturated heterocycles. The zero-order chi connectivity index (χ0) is 14.5. The van der Waals surface area contributed by atoms with Gasteiger partial charge in [-0.15, -0.1) is 0 Å². The van der Waals surface area contributed by atoms with Crippen LogP contribution in [0.2, 0.25) is 0 Å². The van der Waals surface area contributed by atoms with Gasteiger partial charge in [-0.3, -0.25) is 4.79 Å². The van der Waals surface area contributed by atoms with Crippen molar-refractivity contribution >= 4 is 11.6 Å². The van der Waals surface area contributed by atoms with Crippen molar-refractivity contribution in [1.82, 2.24) is 5.32 Å². The minimum absolute atomic E-state index is 0.0737. The average Bonchev–Trinajstić information content (AvgIpc) is 3.01. The van der Waals surface area contributed by atoms with Gasteiger partial charge >= 0.3 is 0 Å². The first kappa shape index (κ1) is 13.3. The van der Waals surface area contributed by atoms with Crippen molar-refractivity contribution in [2.75, 3.05) is 18.7 Å². The van der Waals surface area contributed by atoms with Crippen LogP contribution in [0.4, 0.5) is 5.69 Å². The minimum Gasteiger partial charge on any atom is -0.454 e. The molecule has 0 aromatic heterocycles. The second kappa shape index (κ2) is 6.17. The Hall–Kier alpha value is -2.69. The van der Waals surface area contributed by atoms with Crippen molar-refractivity contribution in [2.24, 2.45) is 0 Å². The van der Waals surface area contributed by atoms with E-state index in [2.05, 4.69) is 10.6 Å². The third kappa shape index (κ3) is 3.25. The number of para-hydroxylation sites is 2. The van der Waals surface area contributed by atoms with E-state index in [1.54, 1.807) is 0 Å². The predicted octanol–water partition coefficient (Wildman–Crippen LogP) is 2.14. The Labute approximate surface area is 122 Å². The monoisotopic (exact) mass is 284 g/mol. The molecular formula is C16H16N2O3. The van der Waals surface area contributed by atoms with E-state index in [0.717, 1.165) is 17.0 Å². The molecule has 5 nitrogen and oxygen atoms in total. The Morgan fingerprint density at radius 3 is 2.76 bits per heavy atom. The number of hydrogen-bond acceptors (Lipinski definition) is 4. The van der Waals surface area contributed by atoms with Gasteiger partial charge in [0, 0.05) is 17.8 Å². The summed E-state index contributed by atoms with van der Waals surface area (Å²) in [6.07, 6.45) is 0. The van der Waals surface area contributed by atoms with Crippen LogP contribution in [0.5, 0.6) is 11.5 Å². The van der Waals surface area contributed by atoms with Gasteiger partial charge in [-0.05, 0) is 18.2 Å². The lowest BCUT2D eigenvalue weighted by atomic mass is 10.2. The van der Waals surface area contributed by atoms with E-state index in [4.69, 9.17) is 9.47 Å². The van der Waals surface area contributed by atoms with Gasteiger partial charge in [-0.25, -0.2) is 0 Å². The van der Waals surface area contributed by atoms with Crippen LogP contribution in [0.3, 0.4) is 0 Å². The summed E-state index contributed by atoms with van der Waals surface area (Å²) in [6, 6.07) is 15.3. The molecule has 108 valence electrons. The van der Waals surface area contributed by atoms with Crippen LogP contribution in [0, 0.1) is 0 Å². The Kier molecular flexibility index (Phi) is 3.91. The molecule has 0 atom stereocenters. The molecule has 0 unspecified atom stereocenters. The number of anilines is 1. The summed E-state index contributed by atoms with van der Waals surface area (Å²) < 4.78 is 10.7. The fourth-order valence-electron chi connectivity index (χ4n) is 2.12. The van der Waals surface area contributed by atoms with Gasteiger partial charge in [-0.2, -0.15) is 0 Å². The largest absolute Gasteiger partial charge is 0.454 e. The fraction of sp³-hybridized carbons (Fsp3) is 0.188. The van der Waals surface area contributed by atoms with Crippen LogP contribution < -0.4 is 20.1 Å². The van der Waals surface area contributed by atoms with E-state index in [-0.39, 0.29) is 19.2 Å². The molecular weight excluding hydrogens is 268 g/mol. The lowest BCUT2D eigenvalue weighted by Crippen LogP contribution is -2.29. The summed E-state index contributed by atoms with van der Waals surface area (Å²) in [5.74, 6) is 1.37. The summed E-state index contributed by atoms with van der Waals surface area (Å²) in [6.45, 7) is 0.883. The first-order valence-corrected chi connectivity index (χ1v) is 6.76. The summed E-state index contributed by atoms with van der Waals surface area (Å²) in [4.78, 5) is 11.8. The molecule has 0 bridgehead atoms. The summed E-state index contributed by atoms with van der Waals surface area (Å²) >= 11 is 0. The highest BCUT2D eigenvalue weighted by Crippen LogP contribution is 2.35. The lowest BCUT2D eigenvalue weighted by molar-refractivity contribution is -0.119. The Balaban J connectivity index is 1.51. The van der Waals surface area contributed by atoms with Crippen LogP contribution in [-0.2, 0) is 11.3 Å². The molecule has 2 aromatic carbocycles. The Bertz CT molecular complexity index is 629. The maximum atomic E-state index is 11.8. The lowest BCUT2D eigenvalue weighted by Gasteiger charge is -2.09. The Morgan fingerprint density at radius 2 is 1.90 bits per heavy atom. The zero-order valence-electron chi connectivity index (χ0n) is 11.5. The molecule has 3 rings (SSSR count). The van der Waals surface area contributed by atoms with Crippen molar-refractivity contribution in [2.45, 2.75) is 6.54 Å². The van der Waals surface area contributed by atoms with Crippen LogP contribution in [-0.4, -0.2) is 19.2 Å². The van der Waals surface area contributed by atoms with Crippen molar-refractivity contribution in [3.8, 4) is 11.5 Å². The standard InChI is InChI=1S/C16H16N2O3/c19-15(10-17-13-6-2-1-3-7-13)18-9-12-5-4-8-14-16(12)21-11-20-14/h1-8,17H,9-11H2,(H,18,19). The number of carbonyl (C=O) groups is 1. The van der Waals surface area contributed by atoms with Gasteiger partial charge in [0.2, 0.25) is 12.7 Å². The van der Waals surface area contributed by atoms with Crippen molar-refractivity contribution in [3.63, 3.8) is 0 Å². The van der Waals surface area contributed by atoms with Crippen molar-refractivity contribution in [3.05, 3.63) is 54.1 Å². The number of amides is 1. The first-order valence-electron chi connectivity index (χ1n) is 6.76. The van der Waals surface area contributed by atoms with Crippen LogP contribution >= 0.6 is 0 Å². The van der Waals surface area contributed by atoms with E-state index >= 15 is 0 Å². The molecule has 1 aliphatic heterocycles. The molecule has 2 aromatic rings. The third-order valence-electron chi connectivity index (χ3n) is 3.18. The first-order chi connectivity index (χ1) is 10.3. The average molecular weight is 284 g/mol. The quantitative estimate of drug-likeness (QED) is 0.883. The predicted molar refractivity (Wildman–Crippen MR) is 79.3 cm³/mol. The van der Waals surface area contributed by atoms with Gasteiger partial charge in [-0.1, -0.05) is 30.3 Å². The molecule has 0 fully saturated rings. The highest BCUT2D eigenvalue weighted by molar-refractivity contribution is 5.80. The minimum atomic E-state index is -0.0737. The highest BCUT2D eigenvalue weighted by Gasteiger charge is 2.17. The van der Waals surface area contributed by atoms with E-state index in [9.17, 15) is 4.79 Å². The molecule has 1 heterocycles. The fourth-order valence-corrected chi connectivity index (χ4v) is 2.12. The number of nitrogens with one attached hydrogen (secondary N) is 2. The van der Waals surface area contributed by atoms with Crippen molar-refractivity contribution < 1.29 is 14.3 Å². The molecule has 5 heteroatoms. The second-order valence-corrected chi connectivity index (χ2v) is 4.65. The SMILES string of the molecule is O=C(CNc1ccccc1)NCc1cccc2c1OCO2. The van der Waals surface area contributed by atoms with E-state index in [1.165, 1.54) is 0 Å². The number of ether oxygens (including phenoxy) is 2. The number of carbonyl (C=O) groups excluding carboxylic acids is 1. The molecule has 2 N–H and O–H groups in total. The summed E-state index contributed by atoms with van der Waals surface area (Å²) in [5, 5.41) is 5.93. The molecule has 1 amide bonds. The maximum absolute atomic E-state index is 11.8. The molecule has 21 heavy (non-hydrogen) atoms. The van der Waals surface area contributed by atoms with Crippen LogP contribution in [0.25, 0.3) is 0 Å². The van der Waals surface area contributed by atoms with Gasteiger partial charge in [0.05, 0.1) is 6.54 Å². The zero-order valence-corrected chi connectivity index (χ0v) is 11.5. The van der Waals surface area contributed by atoms with Crippen molar-refractivity contribution in [1.29, 1.82) is 0 Å². The van der Waals surface area contributed by atoms with Gasteiger partial charge < -0.3 is 20.1 Å². The number of benzene rings is 2. The summed E-state index contributed by atoms with van der Waals surface area (Å²) in [5.41, 5.74) is 1.84. The number of rotatable bonds is 5. The molecule has 0 aliphatic carbocycles. The highest BCUT2D eigenvalue weighted by atomic mass is 16.7. The Morgan fingerprint density at radius 1 is 1.05 bits per heavy atom. The topological polar surface area (TPSA) is 59.6 Å². The van der Waals surface area contributed by atoms with E-state index in [0.29, 0.717) is 12.3 Å². The van der Waals surface area contributed by atoms with E-state index < -0.39 is 0 Å². The van der Waals surface area contributed by atoms with Crippen LogP contribution in [0.15, 0.2) is 48.5 Å². The van der Waals surface area contributed by atoms with E-state index in [1.807, 2.05) is 48.5 Å². The second-order valence-electron chi connectivity index (χ2n) is 4.65. The smallest absolute Gasteiger partial charge is 0.239 e. The van der Waals surface area contributed by atoms with Crippen LogP contribution in [0.1, 0.15) is 5.56 Å². The normalized spacial score (nSPS) is 12.0. The molecule has 0 radical (unpaired) electrons. The molecule has 0 saturated carbocycles. The van der Waals surface area contributed by atoms with Gasteiger partial charge in [0.1, 0.15) is 0 Å². The molecule has 0 spiro atoms. The maximum Gasteiger partial charge on any atom is 0.239 e. The number of fused-ring (bicyclic) bond motifs is 1. The summed E-state index contributed by atoms with van der Waals surface area (Å²) in [7, 11) is 0. The molecule has 1 aliphatic rings. The number of hydrogen-bond donors (Lipinski definition) is 2. The van der Waals surface area contributed by atoms with Gasteiger partial charge in [0.15, 0.2) is 11.5 Å². The third-order valence-corrected chi connectivity index (χ3v) is 3.18.